The van der Waals surface area contributed by atoms with Gasteiger partial charge in [0.05, 0.1) is 12.1 Å². The van der Waals surface area contributed by atoms with Gasteiger partial charge in [-0.25, -0.2) is 4.79 Å². The molecule has 1 rings (SSSR count). The van der Waals surface area contributed by atoms with Crippen molar-refractivity contribution in [3.63, 3.8) is 0 Å². The molecular formula is C22H39N3O4. The van der Waals surface area contributed by atoms with Crippen LogP contribution in [0.4, 0.5) is 0 Å². The summed E-state index contributed by atoms with van der Waals surface area (Å²) in [5.74, 6) is -1.30. The molecule has 0 aromatic rings. The van der Waals surface area contributed by atoms with Crippen LogP contribution in [0.15, 0.2) is 11.6 Å². The van der Waals surface area contributed by atoms with Crippen LogP contribution in [0, 0.1) is 11.3 Å². The van der Waals surface area contributed by atoms with Crippen molar-refractivity contribution in [3.05, 3.63) is 11.6 Å². The van der Waals surface area contributed by atoms with Crippen LogP contribution in [0.1, 0.15) is 60.8 Å². The van der Waals surface area contributed by atoms with Crippen molar-refractivity contribution in [2.75, 3.05) is 20.6 Å². The number of likely N-dealkylation sites (tertiary alicyclic amines) is 1. The van der Waals surface area contributed by atoms with Gasteiger partial charge in [-0.05, 0) is 44.7 Å². The SMILES string of the molecule is CC(=C[C@@H](C(C)C)N(C)C(=O)[C@H](NC(=O)C1CCCCN1C)C(C)(C)C)C(=O)O. The normalized spacial score (nSPS) is 20.9. The Balaban J connectivity index is 3.10. The van der Waals surface area contributed by atoms with Crippen molar-refractivity contribution in [2.24, 2.45) is 11.3 Å². The largest absolute Gasteiger partial charge is 0.478 e. The fraction of sp³-hybridized carbons (Fsp3) is 0.773. The molecule has 1 aliphatic heterocycles. The summed E-state index contributed by atoms with van der Waals surface area (Å²) in [4.78, 5) is 41.2. The van der Waals surface area contributed by atoms with E-state index >= 15 is 0 Å². The molecule has 166 valence electrons. The van der Waals surface area contributed by atoms with E-state index in [2.05, 4.69) is 5.32 Å². The summed E-state index contributed by atoms with van der Waals surface area (Å²) in [6, 6.07) is -1.30. The van der Waals surface area contributed by atoms with E-state index in [0.717, 1.165) is 25.8 Å². The number of nitrogens with one attached hydrogen (secondary N) is 1. The van der Waals surface area contributed by atoms with Gasteiger partial charge in [0.15, 0.2) is 0 Å². The molecule has 0 saturated carbocycles. The van der Waals surface area contributed by atoms with E-state index in [1.165, 1.54) is 6.92 Å². The maximum atomic E-state index is 13.4. The van der Waals surface area contributed by atoms with Crippen LogP contribution < -0.4 is 5.32 Å². The van der Waals surface area contributed by atoms with Gasteiger partial charge < -0.3 is 15.3 Å². The van der Waals surface area contributed by atoms with Crippen LogP contribution >= 0.6 is 0 Å². The number of nitrogens with zero attached hydrogens (tertiary/aromatic N) is 2. The quantitative estimate of drug-likeness (QED) is 0.631. The first-order valence-corrected chi connectivity index (χ1v) is 10.5. The van der Waals surface area contributed by atoms with E-state index in [-0.39, 0.29) is 35.4 Å². The number of aliphatic carboxylic acids is 1. The highest BCUT2D eigenvalue weighted by Gasteiger charge is 2.39. The molecular weight excluding hydrogens is 370 g/mol. The Morgan fingerprint density at radius 1 is 1.21 bits per heavy atom. The number of piperidine rings is 1. The molecule has 0 radical (unpaired) electrons. The van der Waals surface area contributed by atoms with E-state index in [1.807, 2.05) is 46.6 Å². The van der Waals surface area contributed by atoms with Crippen LogP contribution in [0.3, 0.4) is 0 Å². The molecule has 3 atom stereocenters. The van der Waals surface area contributed by atoms with E-state index in [4.69, 9.17) is 0 Å². The molecule has 29 heavy (non-hydrogen) atoms. The monoisotopic (exact) mass is 409 g/mol. The summed E-state index contributed by atoms with van der Waals surface area (Å²) in [6.45, 7) is 12.1. The maximum absolute atomic E-state index is 13.4. The highest BCUT2D eigenvalue weighted by molar-refractivity contribution is 5.91. The Hall–Kier alpha value is -1.89. The Bertz CT molecular complexity index is 636. The molecule has 0 aliphatic carbocycles. The van der Waals surface area contributed by atoms with Gasteiger partial charge in [0.2, 0.25) is 11.8 Å². The molecule has 0 bridgehead atoms. The zero-order chi connectivity index (χ0) is 22.5. The van der Waals surface area contributed by atoms with Crippen LogP contribution in [0.25, 0.3) is 0 Å². The number of carbonyl (C=O) groups is 3. The molecule has 1 aliphatic rings. The van der Waals surface area contributed by atoms with Gasteiger partial charge in [0.1, 0.15) is 6.04 Å². The number of carboxylic acids is 1. The molecule has 1 saturated heterocycles. The van der Waals surface area contributed by atoms with Crippen molar-refractivity contribution in [2.45, 2.75) is 78.9 Å². The minimum Gasteiger partial charge on any atom is -0.478 e. The molecule has 0 spiro atoms. The van der Waals surface area contributed by atoms with Crippen LogP contribution in [-0.4, -0.2) is 71.5 Å². The first kappa shape index (κ1) is 25.1. The van der Waals surface area contributed by atoms with Gasteiger partial charge in [-0.3, -0.25) is 14.5 Å². The number of hydrogen-bond acceptors (Lipinski definition) is 4. The second kappa shape index (κ2) is 10.2. The minimum absolute atomic E-state index is 0.0269. The van der Waals surface area contributed by atoms with Crippen LogP contribution in [0.5, 0.6) is 0 Å². The topological polar surface area (TPSA) is 90.0 Å². The van der Waals surface area contributed by atoms with Gasteiger partial charge in [-0.1, -0.05) is 47.1 Å². The van der Waals surface area contributed by atoms with Gasteiger partial charge in [0.25, 0.3) is 0 Å². The first-order chi connectivity index (χ1) is 13.3. The lowest BCUT2D eigenvalue weighted by molar-refractivity contribution is -0.141. The second-order valence-corrected chi connectivity index (χ2v) is 9.64. The molecule has 2 amide bonds. The Kier molecular flexibility index (Phi) is 8.87. The molecule has 0 aromatic carbocycles. The lowest BCUT2D eigenvalue weighted by Crippen LogP contribution is -2.59. The van der Waals surface area contributed by atoms with E-state index in [1.54, 1.807) is 18.0 Å². The summed E-state index contributed by atoms with van der Waals surface area (Å²) in [6.07, 6.45) is 4.49. The first-order valence-electron chi connectivity index (χ1n) is 10.5. The van der Waals surface area contributed by atoms with E-state index in [9.17, 15) is 19.5 Å². The molecule has 2 N–H and O–H groups in total. The fourth-order valence-corrected chi connectivity index (χ4v) is 3.72. The average molecular weight is 410 g/mol. The smallest absolute Gasteiger partial charge is 0.331 e. The van der Waals surface area contributed by atoms with Gasteiger partial charge >= 0.3 is 5.97 Å². The number of hydrogen-bond donors (Lipinski definition) is 2. The van der Waals surface area contributed by atoms with Crippen molar-refractivity contribution < 1.29 is 19.5 Å². The number of rotatable bonds is 7. The van der Waals surface area contributed by atoms with Gasteiger partial charge in [-0.2, -0.15) is 0 Å². The van der Waals surface area contributed by atoms with Gasteiger partial charge in [-0.15, -0.1) is 0 Å². The average Bonchev–Trinajstić information content (AvgIpc) is 2.61. The summed E-state index contributed by atoms with van der Waals surface area (Å²) >= 11 is 0. The van der Waals surface area contributed by atoms with Gasteiger partial charge in [0, 0.05) is 12.6 Å². The fourth-order valence-electron chi connectivity index (χ4n) is 3.72. The highest BCUT2D eigenvalue weighted by Crippen LogP contribution is 2.25. The van der Waals surface area contributed by atoms with Crippen LogP contribution in [-0.2, 0) is 14.4 Å². The zero-order valence-electron chi connectivity index (χ0n) is 19.3. The molecule has 7 heteroatoms. The third-order valence-corrected chi connectivity index (χ3v) is 5.71. The molecule has 0 aromatic heterocycles. The number of amides is 2. The standard InChI is InChI=1S/C22H39N3O4/c1-14(2)17(13-15(3)21(28)29)25(8)20(27)18(22(4,5)6)23-19(26)16-11-9-10-12-24(16)7/h13-14,16-18H,9-12H2,1-8H3,(H,23,26)(H,28,29)/t16?,17-,18-/m0/s1. The predicted molar refractivity (Wildman–Crippen MR) is 114 cm³/mol. The summed E-state index contributed by atoms with van der Waals surface area (Å²) < 4.78 is 0. The maximum Gasteiger partial charge on any atom is 0.331 e. The minimum atomic E-state index is -1.00. The Morgan fingerprint density at radius 2 is 1.79 bits per heavy atom. The molecule has 1 fully saturated rings. The summed E-state index contributed by atoms with van der Waals surface area (Å²) in [7, 11) is 3.62. The Morgan fingerprint density at radius 3 is 2.24 bits per heavy atom. The van der Waals surface area contributed by atoms with E-state index < -0.39 is 17.4 Å². The van der Waals surface area contributed by atoms with Crippen LogP contribution in [0.2, 0.25) is 0 Å². The third kappa shape index (κ3) is 6.84. The number of carbonyl (C=O) groups excluding carboxylic acids is 2. The molecule has 1 heterocycles. The van der Waals surface area contributed by atoms with Crippen molar-refractivity contribution in [3.8, 4) is 0 Å². The lowest BCUT2D eigenvalue weighted by Gasteiger charge is -2.39. The Labute approximate surface area is 175 Å². The second-order valence-electron chi connectivity index (χ2n) is 9.64. The van der Waals surface area contributed by atoms with Crippen molar-refractivity contribution >= 4 is 17.8 Å². The predicted octanol–water partition coefficient (Wildman–Crippen LogP) is 2.52. The highest BCUT2D eigenvalue weighted by atomic mass is 16.4. The zero-order valence-corrected chi connectivity index (χ0v) is 19.3. The lowest BCUT2D eigenvalue weighted by atomic mass is 9.84. The van der Waals surface area contributed by atoms with E-state index in [0.29, 0.717) is 0 Å². The van der Waals surface area contributed by atoms with Crippen molar-refractivity contribution in [1.29, 1.82) is 0 Å². The number of likely N-dealkylation sites (N-methyl/N-ethyl adjacent to an activating group) is 2. The third-order valence-electron chi connectivity index (χ3n) is 5.71. The molecule has 7 nitrogen and oxygen atoms in total. The molecule has 1 unspecified atom stereocenters. The number of carboxylic acid groups (broad SMARTS) is 1. The summed E-state index contributed by atoms with van der Waals surface area (Å²) in [5.41, 5.74) is -0.287. The van der Waals surface area contributed by atoms with Crippen molar-refractivity contribution in [1.82, 2.24) is 15.1 Å². The summed E-state index contributed by atoms with van der Waals surface area (Å²) in [5, 5.41) is 12.2.